The molecule has 1 atom stereocenters. The summed E-state index contributed by atoms with van der Waals surface area (Å²) in [6.07, 6.45) is -0.608. The zero-order valence-corrected chi connectivity index (χ0v) is 19.5. The number of guanidine groups is 1. The van der Waals surface area contributed by atoms with E-state index in [1.165, 1.54) is 18.2 Å². The largest absolute Gasteiger partial charge is 0.481 e. The molecule has 0 aromatic heterocycles. The van der Waals surface area contributed by atoms with Crippen LogP contribution in [0.15, 0.2) is 88.8 Å². The van der Waals surface area contributed by atoms with E-state index in [1.807, 2.05) is 0 Å². The fraction of sp³-hybridized carbons (Fsp3) is 0.160. The highest BCUT2D eigenvalue weighted by molar-refractivity contribution is 7.91. The second-order valence-corrected chi connectivity index (χ2v) is 9.95. The summed E-state index contributed by atoms with van der Waals surface area (Å²) < 4.78 is 27.2. The van der Waals surface area contributed by atoms with Crippen molar-refractivity contribution < 1.29 is 23.1 Å². The number of hydrogen-bond donors (Lipinski definition) is 4. The van der Waals surface area contributed by atoms with Crippen LogP contribution in [0, 0.1) is 0 Å². The van der Waals surface area contributed by atoms with Gasteiger partial charge in [-0.3, -0.25) is 14.6 Å². The van der Waals surface area contributed by atoms with Gasteiger partial charge >= 0.3 is 5.97 Å². The van der Waals surface area contributed by atoms with Crippen molar-refractivity contribution in [3.05, 3.63) is 90.0 Å². The molecular formula is C25H24N4O5S. The van der Waals surface area contributed by atoms with Crippen molar-refractivity contribution in [2.45, 2.75) is 16.6 Å². The lowest BCUT2D eigenvalue weighted by Crippen LogP contribution is -2.26. The second kappa shape index (κ2) is 10.4. The lowest BCUT2D eigenvalue weighted by Gasteiger charge is -2.19. The molecule has 3 aromatic carbocycles. The van der Waals surface area contributed by atoms with Gasteiger partial charge in [-0.15, -0.1) is 0 Å². The van der Waals surface area contributed by atoms with Crippen LogP contribution < -0.4 is 16.0 Å². The van der Waals surface area contributed by atoms with Gasteiger partial charge in [0.1, 0.15) is 5.25 Å². The maximum atomic E-state index is 13.6. The number of anilines is 2. The number of amides is 1. The van der Waals surface area contributed by atoms with Crippen LogP contribution in [0.1, 0.15) is 27.6 Å². The van der Waals surface area contributed by atoms with E-state index in [9.17, 15) is 23.1 Å². The van der Waals surface area contributed by atoms with E-state index in [2.05, 4.69) is 20.9 Å². The Morgan fingerprint density at radius 2 is 1.66 bits per heavy atom. The minimum Gasteiger partial charge on any atom is -0.481 e. The maximum Gasteiger partial charge on any atom is 0.305 e. The standard InChI is InChI=1S/C25H24N4O5S/c30-23(31)16-22(17-6-2-1-3-7-17)35(33,34)21-9-5-4-8-20(21)29-24(32)18-10-12-19(13-11-18)28-25-26-14-15-27-25/h1-13,22H,14-16H2,(H,29,32)(H,30,31)(H2,26,27,28). The van der Waals surface area contributed by atoms with Gasteiger partial charge in [0.05, 0.1) is 23.5 Å². The van der Waals surface area contributed by atoms with Crippen LogP contribution in [0.3, 0.4) is 0 Å². The van der Waals surface area contributed by atoms with E-state index in [1.54, 1.807) is 60.7 Å². The van der Waals surface area contributed by atoms with Crippen molar-refractivity contribution in [2.24, 2.45) is 4.99 Å². The highest BCUT2D eigenvalue weighted by atomic mass is 32.2. The van der Waals surface area contributed by atoms with Crippen molar-refractivity contribution in [2.75, 3.05) is 23.7 Å². The van der Waals surface area contributed by atoms with Crippen molar-refractivity contribution in [1.82, 2.24) is 5.32 Å². The summed E-state index contributed by atoms with van der Waals surface area (Å²) in [6.45, 7) is 1.46. The predicted octanol–water partition coefficient (Wildman–Crippen LogP) is 3.30. The van der Waals surface area contributed by atoms with Gasteiger partial charge in [-0.25, -0.2) is 8.42 Å². The molecule has 35 heavy (non-hydrogen) atoms. The van der Waals surface area contributed by atoms with Crippen molar-refractivity contribution >= 4 is 39.0 Å². The molecule has 1 amide bonds. The number of rotatable bonds is 8. The van der Waals surface area contributed by atoms with Gasteiger partial charge in [-0.1, -0.05) is 42.5 Å². The molecule has 0 fully saturated rings. The molecule has 0 aliphatic carbocycles. The first-order valence-corrected chi connectivity index (χ1v) is 12.5. The molecule has 0 saturated heterocycles. The van der Waals surface area contributed by atoms with Crippen LogP contribution in [0.5, 0.6) is 0 Å². The number of nitrogens with zero attached hydrogens (tertiary/aromatic N) is 1. The third-order valence-electron chi connectivity index (χ3n) is 5.43. The Morgan fingerprint density at radius 3 is 2.31 bits per heavy atom. The molecule has 1 heterocycles. The number of carboxylic acids is 1. The van der Waals surface area contributed by atoms with E-state index in [-0.39, 0.29) is 10.6 Å². The number of para-hydroxylation sites is 1. The number of sulfone groups is 1. The number of nitrogens with one attached hydrogen (secondary N) is 3. The SMILES string of the molecule is O=C(O)CC(c1ccccc1)S(=O)(=O)c1ccccc1NC(=O)c1ccc(NC2=NCCN2)cc1. The fourth-order valence-electron chi connectivity index (χ4n) is 3.72. The number of aliphatic carboxylic acids is 1. The second-order valence-electron chi connectivity index (χ2n) is 7.85. The van der Waals surface area contributed by atoms with Crippen LogP contribution in [-0.2, 0) is 14.6 Å². The number of carbonyl (C=O) groups excluding carboxylic acids is 1. The normalized spacial score (nSPS) is 13.9. The first-order valence-electron chi connectivity index (χ1n) is 10.9. The third-order valence-corrected chi connectivity index (χ3v) is 7.59. The molecule has 0 spiro atoms. The first kappa shape index (κ1) is 24.0. The van der Waals surface area contributed by atoms with E-state index in [4.69, 9.17) is 0 Å². The fourth-order valence-corrected chi connectivity index (χ4v) is 5.60. The van der Waals surface area contributed by atoms with Crippen molar-refractivity contribution in [3.8, 4) is 0 Å². The van der Waals surface area contributed by atoms with E-state index < -0.39 is 33.4 Å². The van der Waals surface area contributed by atoms with Gasteiger partial charge < -0.3 is 21.1 Å². The summed E-state index contributed by atoms with van der Waals surface area (Å²) in [6, 6.07) is 20.8. The lowest BCUT2D eigenvalue weighted by atomic mass is 10.1. The van der Waals surface area contributed by atoms with Crippen LogP contribution >= 0.6 is 0 Å². The molecular weight excluding hydrogens is 468 g/mol. The Labute approximate surface area is 202 Å². The van der Waals surface area contributed by atoms with E-state index in [0.29, 0.717) is 23.6 Å². The van der Waals surface area contributed by atoms with Gasteiger partial charge in [0.25, 0.3) is 5.91 Å². The average molecular weight is 493 g/mol. The Bertz CT molecular complexity index is 1360. The molecule has 4 rings (SSSR count). The van der Waals surface area contributed by atoms with Gasteiger partial charge in [0.15, 0.2) is 15.8 Å². The van der Waals surface area contributed by atoms with Gasteiger partial charge in [-0.2, -0.15) is 0 Å². The molecule has 1 aliphatic heterocycles. The Kier molecular flexibility index (Phi) is 7.11. The molecule has 1 unspecified atom stereocenters. The zero-order chi connectivity index (χ0) is 24.8. The van der Waals surface area contributed by atoms with Crippen molar-refractivity contribution in [1.29, 1.82) is 0 Å². The zero-order valence-electron chi connectivity index (χ0n) is 18.6. The summed E-state index contributed by atoms with van der Waals surface area (Å²) in [5.41, 5.74) is 1.52. The van der Waals surface area contributed by atoms with Crippen LogP contribution in [0.25, 0.3) is 0 Å². The minimum atomic E-state index is -4.15. The van der Waals surface area contributed by atoms with Crippen molar-refractivity contribution in [3.63, 3.8) is 0 Å². The first-order chi connectivity index (χ1) is 16.8. The molecule has 0 saturated carbocycles. The van der Waals surface area contributed by atoms with Gasteiger partial charge in [0.2, 0.25) is 0 Å². The highest BCUT2D eigenvalue weighted by Crippen LogP contribution is 2.35. The maximum absolute atomic E-state index is 13.6. The number of hydrogen-bond acceptors (Lipinski definition) is 7. The molecule has 0 radical (unpaired) electrons. The summed E-state index contributed by atoms with van der Waals surface area (Å²) in [5, 5.41) is 16.9. The molecule has 9 nitrogen and oxygen atoms in total. The summed E-state index contributed by atoms with van der Waals surface area (Å²) in [7, 11) is -4.15. The Hall–Kier alpha value is -4.18. The van der Waals surface area contributed by atoms with E-state index >= 15 is 0 Å². The molecule has 4 N–H and O–H groups in total. The molecule has 10 heteroatoms. The summed E-state index contributed by atoms with van der Waals surface area (Å²) in [4.78, 5) is 28.5. The molecule has 3 aromatic rings. The Morgan fingerprint density at radius 1 is 0.971 bits per heavy atom. The minimum absolute atomic E-state index is 0.0792. The summed E-state index contributed by atoms with van der Waals surface area (Å²) >= 11 is 0. The number of carboxylic acid groups (broad SMARTS) is 1. The van der Waals surface area contributed by atoms with Gasteiger partial charge in [-0.05, 0) is 42.0 Å². The van der Waals surface area contributed by atoms with Gasteiger partial charge in [0, 0.05) is 17.8 Å². The summed E-state index contributed by atoms with van der Waals surface area (Å²) in [5.74, 6) is -1.07. The van der Waals surface area contributed by atoms with E-state index in [0.717, 1.165) is 12.2 Å². The lowest BCUT2D eigenvalue weighted by molar-refractivity contribution is -0.137. The monoisotopic (exact) mass is 492 g/mol. The molecule has 0 bridgehead atoms. The molecule has 1 aliphatic rings. The average Bonchev–Trinajstić information content (AvgIpc) is 3.36. The number of carbonyl (C=O) groups is 2. The number of aliphatic imine (C=N–C) groups is 1. The van der Waals surface area contributed by atoms with Crippen LogP contribution in [0.2, 0.25) is 0 Å². The van der Waals surface area contributed by atoms with Crippen LogP contribution in [-0.4, -0.2) is 44.4 Å². The predicted molar refractivity (Wildman–Crippen MR) is 133 cm³/mol. The van der Waals surface area contributed by atoms with Crippen LogP contribution in [0.4, 0.5) is 11.4 Å². The quantitative estimate of drug-likeness (QED) is 0.379. The topological polar surface area (TPSA) is 137 Å². The number of benzene rings is 3. The smallest absolute Gasteiger partial charge is 0.305 e. The highest BCUT2D eigenvalue weighted by Gasteiger charge is 2.33. The Balaban J connectivity index is 1.58. The third kappa shape index (κ3) is 5.67. The molecule has 180 valence electrons.